The van der Waals surface area contributed by atoms with Crippen molar-refractivity contribution < 1.29 is 4.79 Å². The lowest BCUT2D eigenvalue weighted by atomic mass is 10.1. The van der Waals surface area contributed by atoms with E-state index in [2.05, 4.69) is 51.0 Å². The molecule has 2 saturated heterocycles. The van der Waals surface area contributed by atoms with Gasteiger partial charge in [0.1, 0.15) is 11.0 Å². The van der Waals surface area contributed by atoms with Crippen LogP contribution >= 0.6 is 23.4 Å². The lowest BCUT2D eigenvalue weighted by Crippen LogP contribution is -2.48. The standard InChI is InChI=1S/C30H35ClN6OS/c1-34-14-18-36(19-15-34)28-22-27(31)32-30(33-28)39-23-25-9-11-26(12-10-25)29(38)37-20-16-35(17-21-37)13-5-8-24-6-3-2-4-7-24/h2-12,22H,13-21,23H2,1H3. The van der Waals surface area contributed by atoms with Crippen molar-refractivity contribution in [2.45, 2.75) is 10.9 Å². The van der Waals surface area contributed by atoms with Crippen LogP contribution in [0.15, 0.2) is 71.9 Å². The molecule has 2 fully saturated rings. The lowest BCUT2D eigenvalue weighted by Gasteiger charge is -2.34. The maximum Gasteiger partial charge on any atom is 0.253 e. The summed E-state index contributed by atoms with van der Waals surface area (Å²) in [5, 5.41) is 1.14. The third-order valence-corrected chi connectivity index (χ3v) is 8.30. The third kappa shape index (κ3) is 7.82. The molecule has 0 N–H and O–H groups in total. The van der Waals surface area contributed by atoms with Gasteiger partial charge in [0, 0.05) is 76.3 Å². The number of hydrogen-bond acceptors (Lipinski definition) is 7. The molecule has 3 heterocycles. The highest BCUT2D eigenvalue weighted by molar-refractivity contribution is 7.98. The fourth-order valence-corrected chi connectivity index (χ4v) is 5.79. The number of aromatic nitrogens is 2. The Morgan fingerprint density at radius 2 is 1.64 bits per heavy atom. The van der Waals surface area contributed by atoms with Crippen LogP contribution in [0.5, 0.6) is 0 Å². The van der Waals surface area contributed by atoms with Crippen molar-refractivity contribution in [3.63, 3.8) is 0 Å². The molecule has 2 aromatic carbocycles. The molecule has 2 aliphatic heterocycles. The average Bonchev–Trinajstić information content (AvgIpc) is 2.97. The normalized spacial score (nSPS) is 17.2. The van der Waals surface area contributed by atoms with Gasteiger partial charge in [-0.1, -0.05) is 78.0 Å². The van der Waals surface area contributed by atoms with Crippen LogP contribution in [0.25, 0.3) is 6.08 Å². The van der Waals surface area contributed by atoms with Gasteiger partial charge in [-0.2, -0.15) is 0 Å². The van der Waals surface area contributed by atoms with Gasteiger partial charge in [-0.25, -0.2) is 9.97 Å². The van der Waals surface area contributed by atoms with Crippen LogP contribution in [0.1, 0.15) is 21.5 Å². The molecule has 2 aliphatic rings. The Kier molecular flexibility index (Phi) is 9.53. The number of likely N-dealkylation sites (N-methyl/N-ethyl adjacent to an activating group) is 1. The quantitative estimate of drug-likeness (QED) is 0.225. The highest BCUT2D eigenvalue weighted by Crippen LogP contribution is 2.25. The molecule has 39 heavy (non-hydrogen) atoms. The van der Waals surface area contributed by atoms with Crippen LogP contribution in [-0.4, -0.2) is 96.5 Å². The zero-order valence-corrected chi connectivity index (χ0v) is 23.9. The van der Waals surface area contributed by atoms with E-state index in [1.807, 2.05) is 53.4 Å². The van der Waals surface area contributed by atoms with Crippen molar-refractivity contribution in [1.82, 2.24) is 24.7 Å². The average molecular weight is 563 g/mol. The Bertz CT molecular complexity index is 1260. The zero-order chi connectivity index (χ0) is 27.0. The van der Waals surface area contributed by atoms with Gasteiger partial charge in [-0.3, -0.25) is 9.69 Å². The highest BCUT2D eigenvalue weighted by atomic mass is 35.5. The van der Waals surface area contributed by atoms with E-state index >= 15 is 0 Å². The van der Waals surface area contributed by atoms with Crippen molar-refractivity contribution in [3.8, 4) is 0 Å². The predicted molar refractivity (Wildman–Crippen MR) is 161 cm³/mol. The zero-order valence-electron chi connectivity index (χ0n) is 22.4. The molecule has 0 spiro atoms. The molecular formula is C30H35ClN6OS. The summed E-state index contributed by atoms with van der Waals surface area (Å²) in [6.45, 7) is 8.05. The third-order valence-electron chi connectivity index (χ3n) is 7.19. The van der Waals surface area contributed by atoms with Gasteiger partial charge >= 0.3 is 0 Å². The first-order chi connectivity index (χ1) is 19.0. The molecule has 9 heteroatoms. The summed E-state index contributed by atoms with van der Waals surface area (Å²) in [5.41, 5.74) is 3.07. The van der Waals surface area contributed by atoms with Crippen LogP contribution in [-0.2, 0) is 5.75 Å². The van der Waals surface area contributed by atoms with E-state index in [0.717, 1.165) is 75.8 Å². The van der Waals surface area contributed by atoms with E-state index in [0.29, 0.717) is 16.1 Å². The van der Waals surface area contributed by atoms with Crippen molar-refractivity contribution in [2.75, 3.05) is 70.9 Å². The first-order valence-corrected chi connectivity index (χ1v) is 14.8. The summed E-state index contributed by atoms with van der Waals surface area (Å²) in [5.74, 6) is 1.70. The Labute approximate surface area is 240 Å². The molecule has 0 unspecified atom stereocenters. The number of amides is 1. The SMILES string of the molecule is CN1CCN(c2cc(Cl)nc(SCc3ccc(C(=O)N4CCN(CC=Cc5ccccc5)CC4)cc3)n2)CC1. The summed E-state index contributed by atoms with van der Waals surface area (Å²) in [7, 11) is 2.14. The number of carbonyl (C=O) groups excluding carboxylic acids is 1. The number of thioether (sulfide) groups is 1. The number of anilines is 1. The van der Waals surface area contributed by atoms with E-state index in [1.165, 1.54) is 5.56 Å². The van der Waals surface area contributed by atoms with E-state index in [4.69, 9.17) is 16.6 Å². The first kappa shape index (κ1) is 27.6. The molecule has 0 atom stereocenters. The smallest absolute Gasteiger partial charge is 0.253 e. The highest BCUT2D eigenvalue weighted by Gasteiger charge is 2.22. The molecule has 7 nitrogen and oxygen atoms in total. The minimum absolute atomic E-state index is 0.101. The molecule has 0 saturated carbocycles. The summed E-state index contributed by atoms with van der Waals surface area (Å²) in [4.78, 5) is 31.2. The van der Waals surface area contributed by atoms with Crippen molar-refractivity contribution >= 4 is 41.2 Å². The Hall–Kier alpha value is -2.91. The fraction of sp³-hybridized carbons (Fsp3) is 0.367. The Morgan fingerprint density at radius 1 is 0.923 bits per heavy atom. The summed E-state index contributed by atoms with van der Waals surface area (Å²) >= 11 is 7.88. The molecule has 5 rings (SSSR count). The fourth-order valence-electron chi connectivity index (χ4n) is 4.76. The molecule has 0 aliphatic carbocycles. The van der Waals surface area contributed by atoms with Crippen molar-refractivity contribution in [1.29, 1.82) is 0 Å². The van der Waals surface area contributed by atoms with Crippen LogP contribution in [0.3, 0.4) is 0 Å². The number of carbonyl (C=O) groups is 1. The molecule has 204 valence electrons. The molecule has 3 aromatic rings. The van der Waals surface area contributed by atoms with Gasteiger partial charge in [-0.05, 0) is 30.3 Å². The number of rotatable bonds is 8. The summed E-state index contributed by atoms with van der Waals surface area (Å²) in [6, 6.07) is 20.1. The van der Waals surface area contributed by atoms with Crippen LogP contribution in [0.2, 0.25) is 5.15 Å². The predicted octanol–water partition coefficient (Wildman–Crippen LogP) is 4.65. The van der Waals surface area contributed by atoms with Gasteiger partial charge in [0.05, 0.1) is 0 Å². The number of piperazine rings is 2. The number of benzene rings is 2. The van der Waals surface area contributed by atoms with Crippen molar-refractivity contribution in [2.24, 2.45) is 0 Å². The maximum atomic E-state index is 13.1. The van der Waals surface area contributed by atoms with E-state index in [1.54, 1.807) is 11.8 Å². The lowest BCUT2D eigenvalue weighted by molar-refractivity contribution is 0.0650. The minimum Gasteiger partial charge on any atom is -0.354 e. The van der Waals surface area contributed by atoms with E-state index in [9.17, 15) is 4.79 Å². The largest absolute Gasteiger partial charge is 0.354 e. The van der Waals surface area contributed by atoms with E-state index in [-0.39, 0.29) is 5.91 Å². The Balaban J connectivity index is 1.09. The van der Waals surface area contributed by atoms with Gasteiger partial charge in [-0.15, -0.1) is 0 Å². The molecule has 0 bridgehead atoms. The van der Waals surface area contributed by atoms with Crippen molar-refractivity contribution in [3.05, 3.63) is 88.6 Å². The number of nitrogens with zero attached hydrogens (tertiary/aromatic N) is 6. The summed E-state index contributed by atoms with van der Waals surface area (Å²) < 4.78 is 0. The first-order valence-electron chi connectivity index (χ1n) is 13.5. The maximum absolute atomic E-state index is 13.1. The number of halogens is 1. The van der Waals surface area contributed by atoms with Crippen LogP contribution in [0.4, 0.5) is 5.82 Å². The molecule has 0 radical (unpaired) electrons. The second-order valence-electron chi connectivity index (χ2n) is 10.0. The molecular weight excluding hydrogens is 528 g/mol. The van der Waals surface area contributed by atoms with Crippen LogP contribution in [0, 0.1) is 0 Å². The van der Waals surface area contributed by atoms with Gasteiger partial charge in [0.15, 0.2) is 5.16 Å². The Morgan fingerprint density at radius 3 is 2.36 bits per heavy atom. The van der Waals surface area contributed by atoms with Gasteiger partial charge in [0.25, 0.3) is 5.91 Å². The van der Waals surface area contributed by atoms with Crippen LogP contribution < -0.4 is 4.90 Å². The second kappa shape index (κ2) is 13.4. The second-order valence-corrected chi connectivity index (χ2v) is 11.3. The topological polar surface area (TPSA) is 55.8 Å². The number of hydrogen-bond donors (Lipinski definition) is 0. The van der Waals surface area contributed by atoms with E-state index < -0.39 is 0 Å². The monoisotopic (exact) mass is 562 g/mol. The van der Waals surface area contributed by atoms with Gasteiger partial charge in [0.2, 0.25) is 0 Å². The van der Waals surface area contributed by atoms with Gasteiger partial charge < -0.3 is 14.7 Å². The molecule has 1 aromatic heterocycles. The molecule has 1 amide bonds. The minimum atomic E-state index is 0.101. The summed E-state index contributed by atoms with van der Waals surface area (Å²) in [6.07, 6.45) is 4.35.